The number of fused-ring (bicyclic) bond motifs is 1. The summed E-state index contributed by atoms with van der Waals surface area (Å²) in [6.07, 6.45) is 4.01. The van der Waals surface area contributed by atoms with Gasteiger partial charge in [0, 0.05) is 31.5 Å². The normalized spacial score (nSPS) is 17.9. The summed E-state index contributed by atoms with van der Waals surface area (Å²) in [4.78, 5) is 16.7. The van der Waals surface area contributed by atoms with Crippen molar-refractivity contribution in [2.75, 3.05) is 25.3 Å². The monoisotopic (exact) mass is 355 g/mol. The first-order valence-electron chi connectivity index (χ1n) is 8.76. The number of pyridine rings is 1. The van der Waals surface area contributed by atoms with E-state index in [0.29, 0.717) is 30.2 Å². The standard InChI is InChI=1S/C19H21N3O4/c23-19(22-10-13-3-4-16-17(8-13)26-12-25-16)14-5-6-20-18(9-14)21-11-15-2-1-7-24-15/h3-6,8-9,15H,1-2,7,10-12H2,(H,20,21)(H,22,23). The van der Waals surface area contributed by atoms with Crippen molar-refractivity contribution in [1.82, 2.24) is 10.3 Å². The lowest BCUT2D eigenvalue weighted by Gasteiger charge is -2.12. The molecular weight excluding hydrogens is 334 g/mol. The van der Waals surface area contributed by atoms with Gasteiger partial charge >= 0.3 is 0 Å². The lowest BCUT2D eigenvalue weighted by Crippen LogP contribution is -2.23. The predicted octanol–water partition coefficient (Wildman–Crippen LogP) is 2.33. The maximum absolute atomic E-state index is 12.4. The molecule has 7 heteroatoms. The van der Waals surface area contributed by atoms with E-state index in [1.54, 1.807) is 18.3 Å². The molecule has 1 aromatic heterocycles. The zero-order valence-electron chi connectivity index (χ0n) is 14.4. The minimum absolute atomic E-state index is 0.148. The van der Waals surface area contributed by atoms with Gasteiger partial charge in [0.2, 0.25) is 6.79 Å². The Morgan fingerprint density at radius 1 is 1.19 bits per heavy atom. The highest BCUT2D eigenvalue weighted by Gasteiger charge is 2.16. The summed E-state index contributed by atoms with van der Waals surface area (Å²) >= 11 is 0. The van der Waals surface area contributed by atoms with E-state index in [0.717, 1.165) is 30.8 Å². The van der Waals surface area contributed by atoms with Gasteiger partial charge in [0.25, 0.3) is 5.91 Å². The summed E-state index contributed by atoms with van der Waals surface area (Å²) in [5, 5.41) is 6.15. The third-order valence-corrected chi connectivity index (χ3v) is 4.45. The Hall–Kier alpha value is -2.80. The molecule has 1 amide bonds. The molecule has 1 unspecified atom stereocenters. The molecule has 136 valence electrons. The second kappa shape index (κ2) is 7.61. The molecular formula is C19H21N3O4. The number of nitrogens with one attached hydrogen (secondary N) is 2. The fourth-order valence-corrected chi connectivity index (χ4v) is 3.03. The number of ether oxygens (including phenoxy) is 3. The van der Waals surface area contributed by atoms with Gasteiger partial charge in [0.05, 0.1) is 6.10 Å². The van der Waals surface area contributed by atoms with Gasteiger partial charge in [0.15, 0.2) is 11.5 Å². The Morgan fingerprint density at radius 3 is 3.00 bits per heavy atom. The largest absolute Gasteiger partial charge is 0.454 e. The summed E-state index contributed by atoms with van der Waals surface area (Å²) in [6.45, 7) is 2.18. The van der Waals surface area contributed by atoms with Gasteiger partial charge < -0.3 is 24.8 Å². The average Bonchev–Trinajstić information content (AvgIpc) is 3.35. The van der Waals surface area contributed by atoms with Crippen LogP contribution in [0.15, 0.2) is 36.5 Å². The molecule has 0 aliphatic carbocycles. The molecule has 2 aromatic rings. The van der Waals surface area contributed by atoms with Crippen molar-refractivity contribution < 1.29 is 19.0 Å². The maximum Gasteiger partial charge on any atom is 0.251 e. The van der Waals surface area contributed by atoms with Crippen molar-refractivity contribution in [2.24, 2.45) is 0 Å². The van der Waals surface area contributed by atoms with Crippen LogP contribution in [0.25, 0.3) is 0 Å². The van der Waals surface area contributed by atoms with Crippen molar-refractivity contribution in [3.63, 3.8) is 0 Å². The van der Waals surface area contributed by atoms with Crippen molar-refractivity contribution in [2.45, 2.75) is 25.5 Å². The number of hydrogen-bond donors (Lipinski definition) is 2. The first kappa shape index (κ1) is 16.7. The number of amides is 1. The number of nitrogens with zero attached hydrogens (tertiary/aromatic N) is 1. The van der Waals surface area contributed by atoms with Gasteiger partial charge in [0.1, 0.15) is 5.82 Å². The average molecular weight is 355 g/mol. The SMILES string of the molecule is O=C(NCc1ccc2c(c1)OCO2)c1ccnc(NCC2CCCO2)c1. The fourth-order valence-electron chi connectivity index (χ4n) is 3.03. The van der Waals surface area contributed by atoms with Crippen LogP contribution in [-0.2, 0) is 11.3 Å². The van der Waals surface area contributed by atoms with E-state index >= 15 is 0 Å². The van der Waals surface area contributed by atoms with Crippen LogP contribution in [0.2, 0.25) is 0 Å². The molecule has 3 heterocycles. The van der Waals surface area contributed by atoms with Crippen LogP contribution in [0.1, 0.15) is 28.8 Å². The van der Waals surface area contributed by atoms with E-state index in [2.05, 4.69) is 15.6 Å². The fraction of sp³-hybridized carbons (Fsp3) is 0.368. The number of carbonyl (C=O) groups is 1. The number of hydrogen-bond acceptors (Lipinski definition) is 6. The summed E-state index contributed by atoms with van der Waals surface area (Å²) in [5.41, 5.74) is 1.52. The zero-order valence-corrected chi connectivity index (χ0v) is 14.4. The molecule has 1 saturated heterocycles. The number of benzene rings is 1. The van der Waals surface area contributed by atoms with Crippen LogP contribution in [0, 0.1) is 0 Å². The molecule has 1 fully saturated rings. The zero-order chi connectivity index (χ0) is 17.8. The Kier molecular flexibility index (Phi) is 4.88. The van der Waals surface area contributed by atoms with E-state index < -0.39 is 0 Å². The molecule has 2 N–H and O–H groups in total. The summed E-state index contributed by atoms with van der Waals surface area (Å²) < 4.78 is 16.2. The third kappa shape index (κ3) is 3.88. The second-order valence-corrected chi connectivity index (χ2v) is 6.32. The third-order valence-electron chi connectivity index (χ3n) is 4.45. The maximum atomic E-state index is 12.4. The highest BCUT2D eigenvalue weighted by molar-refractivity contribution is 5.94. The molecule has 2 aliphatic heterocycles. The number of aromatic nitrogens is 1. The Morgan fingerprint density at radius 2 is 2.12 bits per heavy atom. The van der Waals surface area contributed by atoms with E-state index in [1.165, 1.54) is 0 Å². The molecule has 0 saturated carbocycles. The molecule has 2 aliphatic rings. The summed E-state index contributed by atoms with van der Waals surface area (Å²) in [5.74, 6) is 1.97. The van der Waals surface area contributed by atoms with E-state index in [-0.39, 0.29) is 18.8 Å². The number of rotatable bonds is 6. The molecule has 0 radical (unpaired) electrons. The minimum atomic E-state index is -0.148. The smallest absolute Gasteiger partial charge is 0.251 e. The molecule has 0 spiro atoms. The van der Waals surface area contributed by atoms with Gasteiger partial charge in [-0.3, -0.25) is 4.79 Å². The van der Waals surface area contributed by atoms with Gasteiger partial charge in [-0.25, -0.2) is 4.98 Å². The van der Waals surface area contributed by atoms with E-state index in [4.69, 9.17) is 14.2 Å². The minimum Gasteiger partial charge on any atom is -0.454 e. The summed E-state index contributed by atoms with van der Waals surface area (Å²) in [7, 11) is 0. The van der Waals surface area contributed by atoms with E-state index in [9.17, 15) is 4.79 Å². The van der Waals surface area contributed by atoms with Gasteiger partial charge in [-0.15, -0.1) is 0 Å². The van der Waals surface area contributed by atoms with Crippen LogP contribution < -0.4 is 20.1 Å². The molecule has 4 rings (SSSR count). The lowest BCUT2D eigenvalue weighted by molar-refractivity contribution is 0.0950. The van der Waals surface area contributed by atoms with Crippen LogP contribution in [0.5, 0.6) is 11.5 Å². The van der Waals surface area contributed by atoms with E-state index in [1.807, 2.05) is 18.2 Å². The highest BCUT2D eigenvalue weighted by Crippen LogP contribution is 2.32. The summed E-state index contributed by atoms with van der Waals surface area (Å²) in [6, 6.07) is 9.10. The number of carbonyl (C=O) groups excluding carboxylic acids is 1. The van der Waals surface area contributed by atoms with Crippen molar-refractivity contribution in [3.8, 4) is 11.5 Å². The van der Waals surface area contributed by atoms with Crippen LogP contribution in [0.3, 0.4) is 0 Å². The molecule has 1 aromatic carbocycles. The Labute approximate surface area is 151 Å². The van der Waals surface area contributed by atoms with Crippen LogP contribution >= 0.6 is 0 Å². The first-order valence-corrected chi connectivity index (χ1v) is 8.76. The quantitative estimate of drug-likeness (QED) is 0.828. The van der Waals surface area contributed by atoms with Gasteiger partial charge in [-0.2, -0.15) is 0 Å². The number of anilines is 1. The highest BCUT2D eigenvalue weighted by atomic mass is 16.7. The molecule has 26 heavy (non-hydrogen) atoms. The predicted molar refractivity (Wildman–Crippen MR) is 95.4 cm³/mol. The first-order chi connectivity index (χ1) is 12.8. The van der Waals surface area contributed by atoms with Crippen molar-refractivity contribution in [3.05, 3.63) is 47.7 Å². The van der Waals surface area contributed by atoms with Gasteiger partial charge in [-0.05, 0) is 42.7 Å². The van der Waals surface area contributed by atoms with Crippen molar-refractivity contribution >= 4 is 11.7 Å². The van der Waals surface area contributed by atoms with Crippen LogP contribution in [0.4, 0.5) is 5.82 Å². The van der Waals surface area contributed by atoms with Crippen molar-refractivity contribution in [1.29, 1.82) is 0 Å². The second-order valence-electron chi connectivity index (χ2n) is 6.32. The van der Waals surface area contributed by atoms with Gasteiger partial charge in [-0.1, -0.05) is 6.07 Å². The topological polar surface area (TPSA) is 81.7 Å². The van der Waals surface area contributed by atoms with Crippen LogP contribution in [-0.4, -0.2) is 36.9 Å². The molecule has 0 bridgehead atoms. The lowest BCUT2D eigenvalue weighted by atomic mass is 10.2. The Balaban J connectivity index is 1.33. The Bertz CT molecular complexity index is 790. The molecule has 7 nitrogen and oxygen atoms in total. The molecule has 1 atom stereocenters.